The van der Waals surface area contributed by atoms with Gasteiger partial charge in [-0.3, -0.25) is 0 Å². The highest BCUT2D eigenvalue weighted by atomic mass is 16.6. The molecule has 1 fully saturated rings. The molecule has 1 aliphatic rings. The smallest absolute Gasteiger partial charge is 0.117 e. The zero-order valence-electron chi connectivity index (χ0n) is 27.8. The molecule has 6 heteroatoms. The van der Waals surface area contributed by atoms with Crippen LogP contribution in [-0.2, 0) is 50.1 Å². The van der Waals surface area contributed by atoms with Crippen molar-refractivity contribution in [2.45, 2.75) is 63.9 Å². The van der Waals surface area contributed by atoms with Crippen LogP contribution in [0.3, 0.4) is 0 Å². The summed E-state index contributed by atoms with van der Waals surface area (Å²) in [6.07, 6.45) is -2.36. The first-order chi connectivity index (χ1) is 24.2. The minimum absolute atomic E-state index is 0.322. The summed E-state index contributed by atoms with van der Waals surface area (Å²) in [5.41, 5.74) is 7.49. The molecule has 0 unspecified atom stereocenters. The van der Waals surface area contributed by atoms with Crippen molar-refractivity contribution in [2.24, 2.45) is 0 Å². The molecule has 1 N–H and O–H groups in total. The maximum absolute atomic E-state index is 7.17. The molecule has 0 bridgehead atoms. The van der Waals surface area contributed by atoms with Gasteiger partial charge in [0.05, 0.1) is 33.0 Å². The van der Waals surface area contributed by atoms with Gasteiger partial charge in [-0.1, -0.05) is 140 Å². The van der Waals surface area contributed by atoms with Gasteiger partial charge in [0, 0.05) is 22.2 Å². The molecule has 5 atom stereocenters. The van der Waals surface area contributed by atoms with E-state index >= 15 is 0 Å². The second kappa shape index (κ2) is 16.2. The lowest BCUT2D eigenvalue weighted by Crippen LogP contribution is -2.58. The van der Waals surface area contributed by atoms with E-state index in [0.29, 0.717) is 33.0 Å². The number of aromatic nitrogens is 1. The number of aryl methyl sites for hydroxylation is 1. The van der Waals surface area contributed by atoms with E-state index in [4.69, 9.17) is 23.7 Å². The minimum Gasteiger partial charge on any atom is -0.374 e. The van der Waals surface area contributed by atoms with Crippen LogP contribution in [0.4, 0.5) is 0 Å². The number of fused-ring (bicyclic) bond motifs is 1. The first-order valence-corrected chi connectivity index (χ1v) is 17.0. The summed E-state index contributed by atoms with van der Waals surface area (Å²) in [5, 5.41) is 1.10. The summed E-state index contributed by atoms with van der Waals surface area (Å²) in [5.74, 6) is 0. The maximum atomic E-state index is 7.17. The molecule has 0 aliphatic carbocycles. The van der Waals surface area contributed by atoms with Crippen LogP contribution in [-0.4, -0.2) is 36.0 Å². The number of hydrogen-bond donors (Lipinski definition) is 1. The molecular weight excluding hydrogens is 610 g/mol. The molecule has 0 radical (unpaired) electrons. The van der Waals surface area contributed by atoms with Crippen LogP contribution in [0.25, 0.3) is 10.9 Å². The van der Waals surface area contributed by atoms with Gasteiger partial charge in [-0.25, -0.2) is 0 Å². The number of H-pyrrole nitrogens is 1. The molecule has 0 saturated carbocycles. The predicted molar refractivity (Wildman–Crippen MR) is 192 cm³/mol. The highest BCUT2D eigenvalue weighted by Crippen LogP contribution is 2.42. The average Bonchev–Trinajstić information content (AvgIpc) is 3.49. The molecule has 7 rings (SSSR count). The molecule has 2 heterocycles. The Hall–Kier alpha value is -4.56. The first kappa shape index (κ1) is 33.0. The second-order valence-corrected chi connectivity index (χ2v) is 12.6. The number of ether oxygens (including phenoxy) is 5. The molecule has 0 amide bonds. The van der Waals surface area contributed by atoms with E-state index < -0.39 is 30.5 Å². The highest BCUT2D eigenvalue weighted by molar-refractivity contribution is 5.85. The van der Waals surface area contributed by atoms with Crippen LogP contribution >= 0.6 is 0 Å². The Morgan fingerprint density at radius 3 is 1.51 bits per heavy atom. The Labute approximate surface area is 288 Å². The monoisotopic (exact) mass is 653 g/mol. The summed E-state index contributed by atoms with van der Waals surface area (Å²) in [6.45, 7) is 4.09. The Kier molecular flexibility index (Phi) is 10.9. The third-order valence-corrected chi connectivity index (χ3v) is 9.11. The van der Waals surface area contributed by atoms with Crippen molar-refractivity contribution in [3.05, 3.63) is 179 Å². The van der Waals surface area contributed by atoms with E-state index in [1.54, 1.807) is 0 Å². The Morgan fingerprint density at radius 1 is 0.510 bits per heavy atom. The molecule has 1 aromatic heterocycles. The lowest BCUT2D eigenvalue weighted by atomic mass is 9.89. The summed E-state index contributed by atoms with van der Waals surface area (Å²) in [6, 6.07) is 49.3. The summed E-state index contributed by atoms with van der Waals surface area (Å²) in [4.78, 5) is 3.59. The lowest BCUT2D eigenvalue weighted by Gasteiger charge is -2.46. The van der Waals surface area contributed by atoms with Crippen molar-refractivity contribution < 1.29 is 23.7 Å². The van der Waals surface area contributed by atoms with Gasteiger partial charge in [0.2, 0.25) is 0 Å². The molecular formula is C43H43NO5. The van der Waals surface area contributed by atoms with Crippen LogP contribution in [0.2, 0.25) is 0 Å². The largest absolute Gasteiger partial charge is 0.374 e. The summed E-state index contributed by atoms with van der Waals surface area (Å²) >= 11 is 0. The number of nitrogens with one attached hydrogen (secondary N) is 1. The summed E-state index contributed by atoms with van der Waals surface area (Å²) in [7, 11) is 0. The van der Waals surface area contributed by atoms with Gasteiger partial charge in [0.15, 0.2) is 0 Å². The van der Waals surface area contributed by atoms with Crippen molar-refractivity contribution in [2.75, 3.05) is 6.61 Å². The zero-order valence-corrected chi connectivity index (χ0v) is 27.8. The molecule has 0 spiro atoms. The minimum atomic E-state index is -0.493. The van der Waals surface area contributed by atoms with Gasteiger partial charge in [-0.2, -0.15) is 0 Å². The molecule has 5 aromatic carbocycles. The van der Waals surface area contributed by atoms with Gasteiger partial charge in [-0.05, 0) is 35.2 Å². The van der Waals surface area contributed by atoms with Crippen LogP contribution in [0.1, 0.15) is 39.6 Å². The molecule has 1 saturated heterocycles. The Balaban J connectivity index is 1.27. The van der Waals surface area contributed by atoms with Gasteiger partial charge in [-0.15, -0.1) is 0 Å². The lowest BCUT2D eigenvalue weighted by molar-refractivity contribution is -0.275. The van der Waals surface area contributed by atoms with E-state index in [1.807, 2.05) is 78.9 Å². The van der Waals surface area contributed by atoms with E-state index in [-0.39, 0.29) is 0 Å². The maximum Gasteiger partial charge on any atom is 0.117 e. The molecule has 6 aromatic rings. The van der Waals surface area contributed by atoms with E-state index in [9.17, 15) is 0 Å². The van der Waals surface area contributed by atoms with Crippen molar-refractivity contribution in [3.8, 4) is 0 Å². The van der Waals surface area contributed by atoms with Gasteiger partial charge >= 0.3 is 0 Å². The molecule has 1 aliphatic heterocycles. The normalized spacial score (nSPS) is 20.8. The Bertz CT molecular complexity index is 1860. The fraction of sp³-hybridized carbons (Fsp3) is 0.256. The van der Waals surface area contributed by atoms with Crippen LogP contribution in [0.15, 0.2) is 146 Å². The number of rotatable bonds is 14. The predicted octanol–water partition coefficient (Wildman–Crippen LogP) is 8.89. The van der Waals surface area contributed by atoms with E-state index in [0.717, 1.165) is 44.4 Å². The number of hydrogen-bond acceptors (Lipinski definition) is 5. The SMILES string of the molecule is Cc1[nH]c2ccccc2c1[C@@H]1O[C@H](COCc2ccccc2)[C@@H](OCc2ccccc2)[C@H](OCc2ccccc2)[C@H]1OCc1ccccc1. The Morgan fingerprint density at radius 2 is 0.959 bits per heavy atom. The van der Waals surface area contributed by atoms with Crippen LogP contribution < -0.4 is 0 Å². The second-order valence-electron chi connectivity index (χ2n) is 12.6. The van der Waals surface area contributed by atoms with Crippen molar-refractivity contribution in [1.29, 1.82) is 0 Å². The van der Waals surface area contributed by atoms with E-state index in [2.05, 4.69) is 78.6 Å². The average molecular weight is 654 g/mol. The third-order valence-electron chi connectivity index (χ3n) is 9.11. The quantitative estimate of drug-likeness (QED) is 0.127. The molecule has 49 heavy (non-hydrogen) atoms. The highest BCUT2D eigenvalue weighted by Gasteiger charge is 2.50. The van der Waals surface area contributed by atoms with Crippen molar-refractivity contribution in [1.82, 2.24) is 4.98 Å². The zero-order chi connectivity index (χ0) is 33.3. The number of aromatic amines is 1. The molecule has 6 nitrogen and oxygen atoms in total. The van der Waals surface area contributed by atoms with Gasteiger partial charge in [0.25, 0.3) is 0 Å². The standard InChI is InChI=1S/C43H43NO5/c1-31-39(36-24-14-15-25-37(36)44-31)41-43(48-29-35-22-12-5-13-23-35)42(47-28-34-20-10-4-11-21-34)40(46-27-33-18-8-3-9-19-33)38(49-41)30-45-26-32-16-6-2-7-17-32/h2-25,38,40-44H,26-30H2,1H3/t38-,40-,41+,42+,43+/m1/s1. The number of para-hydroxylation sites is 1. The van der Waals surface area contributed by atoms with Crippen LogP contribution in [0.5, 0.6) is 0 Å². The van der Waals surface area contributed by atoms with Crippen molar-refractivity contribution in [3.63, 3.8) is 0 Å². The third kappa shape index (κ3) is 8.19. The number of benzene rings is 5. The van der Waals surface area contributed by atoms with Gasteiger partial charge < -0.3 is 28.7 Å². The first-order valence-electron chi connectivity index (χ1n) is 17.0. The fourth-order valence-corrected chi connectivity index (χ4v) is 6.69. The van der Waals surface area contributed by atoms with Crippen molar-refractivity contribution >= 4 is 10.9 Å². The topological polar surface area (TPSA) is 61.9 Å². The van der Waals surface area contributed by atoms with Crippen LogP contribution in [0, 0.1) is 6.92 Å². The van der Waals surface area contributed by atoms with E-state index in [1.165, 1.54) is 0 Å². The summed E-state index contributed by atoms with van der Waals surface area (Å²) < 4.78 is 34.3. The fourth-order valence-electron chi connectivity index (χ4n) is 6.69. The van der Waals surface area contributed by atoms with Gasteiger partial charge in [0.1, 0.15) is 30.5 Å². The molecule has 250 valence electrons.